The number of carboxylic acid groups (broad SMARTS) is 1. The Kier molecular flexibility index (Phi) is 4.84. The Morgan fingerprint density at radius 3 is 2.23 bits per heavy atom. The maximum absolute atomic E-state index is 10.1. The maximum Gasteiger partial charge on any atom is 0.328 e. The van der Waals surface area contributed by atoms with Crippen molar-refractivity contribution < 1.29 is 15.0 Å². The molecule has 2 N–H and O–H groups in total. The lowest BCUT2D eigenvalue weighted by Gasteiger charge is -1.92. The molecule has 0 aromatic heterocycles. The van der Waals surface area contributed by atoms with Crippen LogP contribution in [-0.4, -0.2) is 16.2 Å². The molecule has 0 fully saturated rings. The molecule has 0 atom stereocenters. The van der Waals surface area contributed by atoms with E-state index in [4.69, 9.17) is 10.2 Å². The molecule has 0 amide bonds. The molecule has 4 heteroatoms. The normalized spacial score (nSPS) is 9.54. The maximum atomic E-state index is 10.1. The first-order valence-electron chi connectivity index (χ1n) is 3.38. The Bertz CT molecular complexity index is 303. The predicted molar refractivity (Wildman–Crippen MR) is 55.1 cm³/mol. The number of hydrogen-bond donors (Lipinski definition) is 2. The molecule has 1 aromatic rings. The summed E-state index contributed by atoms with van der Waals surface area (Å²) < 4.78 is 0. The summed E-state index contributed by atoms with van der Waals surface area (Å²) in [5, 5.41) is 17.2. The molecule has 1 rings (SSSR count). The molecular formula is C9H9BrO3. The monoisotopic (exact) mass is 244 g/mol. The third kappa shape index (κ3) is 4.32. The molecule has 0 aliphatic carbocycles. The molecule has 0 saturated heterocycles. The van der Waals surface area contributed by atoms with Crippen molar-refractivity contribution in [1.82, 2.24) is 0 Å². The van der Waals surface area contributed by atoms with Gasteiger partial charge in [-0.05, 0) is 23.8 Å². The van der Waals surface area contributed by atoms with E-state index in [9.17, 15) is 4.79 Å². The smallest absolute Gasteiger partial charge is 0.328 e. The van der Waals surface area contributed by atoms with Gasteiger partial charge in [0.25, 0.3) is 0 Å². The van der Waals surface area contributed by atoms with Crippen LogP contribution in [0.3, 0.4) is 0 Å². The van der Waals surface area contributed by atoms with E-state index >= 15 is 0 Å². The summed E-state index contributed by atoms with van der Waals surface area (Å²) in [5.74, 6) is -0.814. The van der Waals surface area contributed by atoms with Crippen LogP contribution in [0.5, 0.6) is 5.75 Å². The molecule has 0 aliphatic rings. The number of aliphatic carboxylic acids is 1. The van der Waals surface area contributed by atoms with Gasteiger partial charge < -0.3 is 10.2 Å². The third-order valence-corrected chi connectivity index (χ3v) is 1.31. The van der Waals surface area contributed by atoms with Crippen molar-refractivity contribution in [3.8, 4) is 5.75 Å². The summed E-state index contributed by atoms with van der Waals surface area (Å²) in [6.45, 7) is 0. The molecule has 1 aromatic carbocycles. The van der Waals surface area contributed by atoms with Crippen LogP contribution in [0, 0.1) is 0 Å². The van der Waals surface area contributed by atoms with Gasteiger partial charge in [0.1, 0.15) is 5.75 Å². The van der Waals surface area contributed by atoms with E-state index < -0.39 is 5.97 Å². The van der Waals surface area contributed by atoms with E-state index in [0.29, 0.717) is 0 Å². The predicted octanol–water partition coefficient (Wildman–Crippen LogP) is 2.07. The topological polar surface area (TPSA) is 57.5 Å². The van der Waals surface area contributed by atoms with Gasteiger partial charge in [0.05, 0.1) is 0 Å². The molecule has 0 saturated carbocycles. The number of aromatic hydroxyl groups is 1. The quantitative estimate of drug-likeness (QED) is 0.784. The lowest BCUT2D eigenvalue weighted by atomic mass is 10.2. The molecule has 0 aliphatic heterocycles. The molecule has 3 nitrogen and oxygen atoms in total. The SMILES string of the molecule is Br.O=C(O)C=Cc1ccc(O)cc1. The molecule has 0 bridgehead atoms. The van der Waals surface area contributed by atoms with Crippen molar-refractivity contribution in [2.75, 3.05) is 0 Å². The van der Waals surface area contributed by atoms with Crippen LogP contribution < -0.4 is 0 Å². The summed E-state index contributed by atoms with van der Waals surface area (Å²) in [6, 6.07) is 6.27. The second kappa shape index (κ2) is 5.37. The number of carboxylic acids is 1. The lowest BCUT2D eigenvalue weighted by molar-refractivity contribution is -0.131. The average Bonchev–Trinajstić information content (AvgIpc) is 2.03. The zero-order chi connectivity index (χ0) is 8.97. The Morgan fingerprint density at radius 2 is 1.77 bits per heavy atom. The number of phenols is 1. The average molecular weight is 245 g/mol. The van der Waals surface area contributed by atoms with Crippen LogP contribution in [0.25, 0.3) is 6.08 Å². The summed E-state index contributed by atoms with van der Waals surface area (Å²) >= 11 is 0. The van der Waals surface area contributed by atoms with Crippen LogP contribution in [0.2, 0.25) is 0 Å². The van der Waals surface area contributed by atoms with Gasteiger partial charge in [-0.1, -0.05) is 12.1 Å². The van der Waals surface area contributed by atoms with E-state index in [1.807, 2.05) is 0 Å². The Balaban J connectivity index is 0.00000144. The highest BCUT2D eigenvalue weighted by Crippen LogP contribution is 2.10. The fourth-order valence-electron chi connectivity index (χ4n) is 0.753. The largest absolute Gasteiger partial charge is 0.508 e. The molecule has 0 radical (unpaired) electrons. The van der Waals surface area contributed by atoms with E-state index in [1.165, 1.54) is 18.2 Å². The zero-order valence-electron chi connectivity index (χ0n) is 6.68. The molecule has 13 heavy (non-hydrogen) atoms. The summed E-state index contributed by atoms with van der Waals surface area (Å²) in [6.07, 6.45) is 2.51. The van der Waals surface area contributed by atoms with Crippen molar-refractivity contribution in [1.29, 1.82) is 0 Å². The molecular weight excluding hydrogens is 236 g/mol. The number of hydrogen-bond acceptors (Lipinski definition) is 2. The van der Waals surface area contributed by atoms with Gasteiger partial charge in [0.2, 0.25) is 0 Å². The zero-order valence-corrected chi connectivity index (χ0v) is 8.39. The summed E-state index contributed by atoms with van der Waals surface area (Å²) in [4.78, 5) is 10.1. The van der Waals surface area contributed by atoms with Crippen molar-refractivity contribution in [3.63, 3.8) is 0 Å². The van der Waals surface area contributed by atoms with Crippen LogP contribution >= 0.6 is 17.0 Å². The van der Waals surface area contributed by atoms with Gasteiger partial charge in [0, 0.05) is 6.08 Å². The molecule has 70 valence electrons. The standard InChI is InChI=1S/C9H8O3.BrH/c10-8-4-1-7(2-5-8)3-6-9(11)12;/h1-6,10H,(H,11,12);1H. The number of halogens is 1. The lowest BCUT2D eigenvalue weighted by Crippen LogP contribution is -1.85. The van der Waals surface area contributed by atoms with E-state index in [2.05, 4.69) is 0 Å². The third-order valence-electron chi connectivity index (χ3n) is 1.31. The minimum absolute atomic E-state index is 0. The van der Waals surface area contributed by atoms with Crippen molar-refractivity contribution in [2.24, 2.45) is 0 Å². The van der Waals surface area contributed by atoms with Gasteiger partial charge in [-0.15, -0.1) is 17.0 Å². The highest BCUT2D eigenvalue weighted by atomic mass is 79.9. The van der Waals surface area contributed by atoms with Crippen molar-refractivity contribution >= 4 is 29.0 Å². The van der Waals surface area contributed by atoms with Crippen LogP contribution in [0.1, 0.15) is 5.56 Å². The number of carbonyl (C=O) groups is 1. The fraction of sp³-hybridized carbons (Fsp3) is 0. The van der Waals surface area contributed by atoms with Gasteiger partial charge >= 0.3 is 5.97 Å². The first-order chi connectivity index (χ1) is 5.68. The van der Waals surface area contributed by atoms with E-state index in [1.54, 1.807) is 12.1 Å². The summed E-state index contributed by atoms with van der Waals surface area (Å²) in [5.41, 5.74) is 0.746. The first-order valence-corrected chi connectivity index (χ1v) is 3.38. The Morgan fingerprint density at radius 1 is 1.23 bits per heavy atom. The minimum Gasteiger partial charge on any atom is -0.508 e. The minimum atomic E-state index is -0.983. The van der Waals surface area contributed by atoms with Gasteiger partial charge in [0.15, 0.2) is 0 Å². The second-order valence-corrected chi connectivity index (χ2v) is 2.26. The van der Waals surface area contributed by atoms with Crippen LogP contribution in [-0.2, 0) is 4.79 Å². The highest BCUT2D eigenvalue weighted by Gasteiger charge is 1.89. The van der Waals surface area contributed by atoms with Gasteiger partial charge in [-0.3, -0.25) is 0 Å². The Labute approximate surface area is 86.1 Å². The van der Waals surface area contributed by atoms with Crippen LogP contribution in [0.4, 0.5) is 0 Å². The van der Waals surface area contributed by atoms with E-state index in [0.717, 1.165) is 11.6 Å². The van der Waals surface area contributed by atoms with Crippen molar-refractivity contribution in [2.45, 2.75) is 0 Å². The molecule has 0 spiro atoms. The van der Waals surface area contributed by atoms with Crippen LogP contribution in [0.15, 0.2) is 30.3 Å². The first kappa shape index (κ1) is 11.7. The summed E-state index contributed by atoms with van der Waals surface area (Å²) in [7, 11) is 0. The molecule has 0 unspecified atom stereocenters. The van der Waals surface area contributed by atoms with E-state index in [-0.39, 0.29) is 22.7 Å². The Hall–Kier alpha value is -1.29. The van der Waals surface area contributed by atoms with Crippen molar-refractivity contribution in [3.05, 3.63) is 35.9 Å². The van der Waals surface area contributed by atoms with Gasteiger partial charge in [-0.2, -0.15) is 0 Å². The van der Waals surface area contributed by atoms with Gasteiger partial charge in [-0.25, -0.2) is 4.79 Å². The second-order valence-electron chi connectivity index (χ2n) is 2.26. The highest BCUT2D eigenvalue weighted by molar-refractivity contribution is 8.93. The number of phenolic OH excluding ortho intramolecular Hbond substituents is 1. The number of rotatable bonds is 2. The number of benzene rings is 1. The molecule has 0 heterocycles. The fourth-order valence-corrected chi connectivity index (χ4v) is 0.753.